The summed E-state index contributed by atoms with van der Waals surface area (Å²) in [7, 11) is -1.29. The standard InChI is InChI=1S/C13H22N2O2S/c1-4-18(16,17)13-8-6-5-7-12(13)15(3)11(2)9-10-14/h5-8,11H,4,9-10,14H2,1-3H3. The number of anilines is 1. The Balaban J connectivity index is 3.18. The molecule has 0 spiro atoms. The van der Waals surface area contributed by atoms with E-state index in [2.05, 4.69) is 0 Å². The maximum atomic E-state index is 12.1. The summed E-state index contributed by atoms with van der Waals surface area (Å²) in [6, 6.07) is 7.33. The van der Waals surface area contributed by atoms with Crippen molar-refractivity contribution >= 4 is 15.5 Å². The number of hydrogen-bond acceptors (Lipinski definition) is 4. The molecule has 1 rings (SSSR count). The second kappa shape index (κ2) is 6.20. The molecule has 1 aromatic rings. The third-order valence-electron chi connectivity index (χ3n) is 3.21. The molecule has 1 atom stereocenters. The van der Waals surface area contributed by atoms with Crippen LogP contribution in [0.2, 0.25) is 0 Å². The maximum Gasteiger partial charge on any atom is 0.180 e. The van der Waals surface area contributed by atoms with Crippen molar-refractivity contribution in [1.29, 1.82) is 0 Å². The lowest BCUT2D eigenvalue weighted by molar-refractivity contribution is 0.594. The Morgan fingerprint density at radius 3 is 2.50 bits per heavy atom. The number of rotatable bonds is 6. The minimum Gasteiger partial charge on any atom is -0.371 e. The van der Waals surface area contributed by atoms with Crippen LogP contribution in [0, 0.1) is 0 Å². The molecule has 0 amide bonds. The lowest BCUT2D eigenvalue weighted by Crippen LogP contribution is -2.32. The summed E-state index contributed by atoms with van der Waals surface area (Å²) in [4.78, 5) is 2.38. The fourth-order valence-electron chi connectivity index (χ4n) is 1.84. The van der Waals surface area contributed by atoms with Gasteiger partial charge in [-0.3, -0.25) is 0 Å². The van der Waals surface area contributed by atoms with E-state index in [0.717, 1.165) is 12.1 Å². The number of benzene rings is 1. The van der Waals surface area contributed by atoms with Crippen LogP contribution in [0.15, 0.2) is 29.2 Å². The summed E-state index contributed by atoms with van der Waals surface area (Å²) in [5, 5.41) is 0. The zero-order chi connectivity index (χ0) is 13.8. The van der Waals surface area contributed by atoms with E-state index >= 15 is 0 Å². The van der Waals surface area contributed by atoms with Gasteiger partial charge in [0.2, 0.25) is 0 Å². The van der Waals surface area contributed by atoms with Crippen molar-refractivity contribution in [3.05, 3.63) is 24.3 Å². The first kappa shape index (κ1) is 15.0. The molecule has 2 N–H and O–H groups in total. The van der Waals surface area contributed by atoms with E-state index in [-0.39, 0.29) is 11.8 Å². The maximum absolute atomic E-state index is 12.1. The summed E-state index contributed by atoms with van der Waals surface area (Å²) in [5.41, 5.74) is 6.30. The van der Waals surface area contributed by atoms with Crippen molar-refractivity contribution in [3.63, 3.8) is 0 Å². The fraction of sp³-hybridized carbons (Fsp3) is 0.538. The SMILES string of the molecule is CCS(=O)(=O)c1ccccc1N(C)C(C)CCN. The van der Waals surface area contributed by atoms with E-state index in [1.165, 1.54) is 0 Å². The van der Waals surface area contributed by atoms with Crippen LogP contribution in [0.3, 0.4) is 0 Å². The van der Waals surface area contributed by atoms with Gasteiger partial charge in [-0.15, -0.1) is 0 Å². The zero-order valence-corrected chi connectivity index (χ0v) is 12.1. The van der Waals surface area contributed by atoms with E-state index in [1.807, 2.05) is 31.0 Å². The Bertz CT molecular complexity index is 486. The fourth-order valence-corrected chi connectivity index (χ4v) is 2.97. The van der Waals surface area contributed by atoms with Gasteiger partial charge in [-0.25, -0.2) is 8.42 Å². The quantitative estimate of drug-likeness (QED) is 0.854. The molecule has 0 saturated heterocycles. The minimum absolute atomic E-state index is 0.114. The van der Waals surface area contributed by atoms with E-state index in [1.54, 1.807) is 19.1 Å². The summed E-state index contributed by atoms with van der Waals surface area (Å²) >= 11 is 0. The molecule has 0 saturated carbocycles. The van der Waals surface area contributed by atoms with Crippen molar-refractivity contribution in [3.8, 4) is 0 Å². The van der Waals surface area contributed by atoms with E-state index in [4.69, 9.17) is 5.73 Å². The van der Waals surface area contributed by atoms with Gasteiger partial charge in [0.05, 0.1) is 16.3 Å². The van der Waals surface area contributed by atoms with Gasteiger partial charge in [-0.05, 0) is 32.0 Å². The summed E-state index contributed by atoms with van der Waals surface area (Å²) in [6.07, 6.45) is 0.830. The van der Waals surface area contributed by atoms with Crippen LogP contribution >= 0.6 is 0 Å². The molecule has 0 aromatic heterocycles. The highest BCUT2D eigenvalue weighted by atomic mass is 32.2. The summed E-state index contributed by atoms with van der Waals surface area (Å²) in [5.74, 6) is 0.114. The first-order chi connectivity index (χ1) is 8.44. The predicted molar refractivity (Wildman–Crippen MR) is 75.7 cm³/mol. The Morgan fingerprint density at radius 1 is 1.33 bits per heavy atom. The number of sulfone groups is 1. The molecule has 1 aromatic carbocycles. The Hall–Kier alpha value is -1.07. The Labute approximate surface area is 110 Å². The van der Waals surface area contributed by atoms with Crippen molar-refractivity contribution in [2.24, 2.45) is 5.73 Å². The molecule has 0 bridgehead atoms. The van der Waals surface area contributed by atoms with Crippen LogP contribution in [-0.4, -0.2) is 33.8 Å². The van der Waals surface area contributed by atoms with Crippen molar-refractivity contribution in [2.45, 2.75) is 31.2 Å². The monoisotopic (exact) mass is 270 g/mol. The molecule has 0 aliphatic rings. The van der Waals surface area contributed by atoms with Crippen LogP contribution in [0.4, 0.5) is 5.69 Å². The topological polar surface area (TPSA) is 63.4 Å². The van der Waals surface area contributed by atoms with Gasteiger partial charge in [0, 0.05) is 13.1 Å². The molecule has 5 heteroatoms. The van der Waals surface area contributed by atoms with Crippen molar-refractivity contribution in [1.82, 2.24) is 0 Å². The lowest BCUT2D eigenvalue weighted by Gasteiger charge is -2.28. The Kier molecular flexibility index (Phi) is 5.16. The van der Waals surface area contributed by atoms with Crippen LogP contribution < -0.4 is 10.6 Å². The highest BCUT2D eigenvalue weighted by Gasteiger charge is 2.20. The molecular formula is C13H22N2O2S. The van der Waals surface area contributed by atoms with Gasteiger partial charge in [0.25, 0.3) is 0 Å². The minimum atomic E-state index is -3.20. The predicted octanol–water partition coefficient (Wildman–Crippen LogP) is 1.65. The van der Waals surface area contributed by atoms with Crippen molar-refractivity contribution in [2.75, 3.05) is 24.2 Å². The van der Waals surface area contributed by atoms with E-state index in [9.17, 15) is 8.42 Å². The van der Waals surface area contributed by atoms with Gasteiger partial charge in [-0.2, -0.15) is 0 Å². The van der Waals surface area contributed by atoms with Crippen LogP contribution in [-0.2, 0) is 9.84 Å². The highest BCUT2D eigenvalue weighted by molar-refractivity contribution is 7.91. The van der Waals surface area contributed by atoms with Gasteiger partial charge < -0.3 is 10.6 Å². The second-order valence-corrected chi connectivity index (χ2v) is 6.66. The number of hydrogen-bond donors (Lipinski definition) is 1. The molecule has 4 nitrogen and oxygen atoms in total. The van der Waals surface area contributed by atoms with Crippen LogP contribution in [0.25, 0.3) is 0 Å². The van der Waals surface area contributed by atoms with Gasteiger partial charge >= 0.3 is 0 Å². The third-order valence-corrected chi connectivity index (χ3v) is 4.98. The third kappa shape index (κ3) is 3.23. The summed E-state index contributed by atoms with van der Waals surface area (Å²) < 4.78 is 24.1. The van der Waals surface area contributed by atoms with Crippen LogP contribution in [0.1, 0.15) is 20.3 Å². The Morgan fingerprint density at radius 2 is 1.94 bits per heavy atom. The molecular weight excluding hydrogens is 248 g/mol. The normalized spacial score (nSPS) is 13.3. The molecule has 102 valence electrons. The smallest absolute Gasteiger partial charge is 0.180 e. The first-order valence-electron chi connectivity index (χ1n) is 6.18. The average Bonchev–Trinajstić information content (AvgIpc) is 2.38. The second-order valence-electron chi connectivity index (χ2n) is 4.41. The zero-order valence-electron chi connectivity index (χ0n) is 11.3. The molecule has 1 unspecified atom stereocenters. The summed E-state index contributed by atoms with van der Waals surface area (Å²) in [6.45, 7) is 4.30. The van der Waals surface area contributed by atoms with Gasteiger partial charge in [0.15, 0.2) is 9.84 Å². The van der Waals surface area contributed by atoms with Gasteiger partial charge in [-0.1, -0.05) is 19.1 Å². The van der Waals surface area contributed by atoms with E-state index < -0.39 is 9.84 Å². The lowest BCUT2D eigenvalue weighted by atomic mass is 10.2. The number of nitrogens with zero attached hydrogens (tertiary/aromatic N) is 1. The number of para-hydroxylation sites is 1. The molecule has 0 fully saturated rings. The average molecular weight is 270 g/mol. The van der Waals surface area contributed by atoms with Crippen LogP contribution in [0.5, 0.6) is 0 Å². The van der Waals surface area contributed by atoms with Crippen molar-refractivity contribution < 1.29 is 8.42 Å². The highest BCUT2D eigenvalue weighted by Crippen LogP contribution is 2.26. The molecule has 0 heterocycles. The molecule has 0 aliphatic carbocycles. The molecule has 0 aliphatic heterocycles. The number of nitrogens with two attached hydrogens (primary N) is 1. The largest absolute Gasteiger partial charge is 0.371 e. The molecule has 0 radical (unpaired) electrons. The van der Waals surface area contributed by atoms with Gasteiger partial charge in [0.1, 0.15) is 0 Å². The first-order valence-corrected chi connectivity index (χ1v) is 7.84. The van der Waals surface area contributed by atoms with E-state index in [0.29, 0.717) is 11.4 Å². The molecule has 18 heavy (non-hydrogen) atoms.